The van der Waals surface area contributed by atoms with Crippen LogP contribution < -0.4 is 5.73 Å². The van der Waals surface area contributed by atoms with E-state index in [1.807, 2.05) is 6.92 Å². The SMILES string of the molecule is CCC(C(=N)N)c1ccc(S(C)(=O)=O)cc1. The summed E-state index contributed by atoms with van der Waals surface area (Å²) in [6.45, 7) is 1.94. The maximum absolute atomic E-state index is 11.3. The van der Waals surface area contributed by atoms with Gasteiger partial charge in [0.2, 0.25) is 0 Å². The van der Waals surface area contributed by atoms with E-state index >= 15 is 0 Å². The third-order valence-electron chi connectivity index (χ3n) is 2.49. The number of benzene rings is 1. The molecule has 3 N–H and O–H groups in total. The van der Waals surface area contributed by atoms with Gasteiger partial charge in [0.1, 0.15) is 0 Å². The van der Waals surface area contributed by atoms with Crippen molar-refractivity contribution in [3.63, 3.8) is 0 Å². The van der Waals surface area contributed by atoms with Gasteiger partial charge in [0.25, 0.3) is 0 Å². The third-order valence-corrected chi connectivity index (χ3v) is 3.62. The van der Waals surface area contributed by atoms with E-state index < -0.39 is 9.84 Å². The summed E-state index contributed by atoms with van der Waals surface area (Å²) in [5.74, 6) is -0.0248. The van der Waals surface area contributed by atoms with Crippen LogP contribution in [0.1, 0.15) is 24.8 Å². The van der Waals surface area contributed by atoms with E-state index in [0.717, 1.165) is 12.0 Å². The van der Waals surface area contributed by atoms with Gasteiger partial charge in [-0.3, -0.25) is 5.41 Å². The summed E-state index contributed by atoms with van der Waals surface area (Å²) < 4.78 is 22.5. The van der Waals surface area contributed by atoms with Crippen molar-refractivity contribution in [3.05, 3.63) is 29.8 Å². The molecule has 0 aromatic heterocycles. The summed E-state index contributed by atoms with van der Waals surface area (Å²) in [5, 5.41) is 7.43. The third kappa shape index (κ3) is 2.82. The second-order valence-corrected chi connectivity index (χ2v) is 5.77. The first kappa shape index (κ1) is 12.7. The van der Waals surface area contributed by atoms with Crippen LogP contribution in [0.25, 0.3) is 0 Å². The van der Waals surface area contributed by atoms with Gasteiger partial charge in [0.15, 0.2) is 9.84 Å². The summed E-state index contributed by atoms with van der Waals surface area (Å²) in [7, 11) is -3.16. The molecular weight excluding hydrogens is 224 g/mol. The topological polar surface area (TPSA) is 84.0 Å². The Hall–Kier alpha value is -1.36. The van der Waals surface area contributed by atoms with Crippen LogP contribution in [0.4, 0.5) is 0 Å². The van der Waals surface area contributed by atoms with E-state index in [0.29, 0.717) is 0 Å². The average Bonchev–Trinajstić information content (AvgIpc) is 2.17. The summed E-state index contributed by atoms with van der Waals surface area (Å²) in [6, 6.07) is 6.53. The van der Waals surface area contributed by atoms with Gasteiger partial charge in [0.05, 0.1) is 10.7 Å². The fourth-order valence-electron chi connectivity index (χ4n) is 1.58. The first-order valence-electron chi connectivity index (χ1n) is 5.00. The molecule has 4 nitrogen and oxygen atoms in total. The van der Waals surface area contributed by atoms with Crippen molar-refractivity contribution in [3.8, 4) is 0 Å². The van der Waals surface area contributed by atoms with Crippen LogP contribution in [-0.2, 0) is 9.84 Å². The second kappa shape index (κ2) is 4.65. The molecule has 1 aromatic carbocycles. The first-order valence-corrected chi connectivity index (χ1v) is 6.89. The lowest BCUT2D eigenvalue weighted by Gasteiger charge is -2.13. The highest BCUT2D eigenvalue weighted by atomic mass is 32.2. The van der Waals surface area contributed by atoms with Gasteiger partial charge < -0.3 is 5.73 Å². The molecule has 0 aliphatic rings. The molecule has 0 saturated heterocycles. The van der Waals surface area contributed by atoms with Crippen LogP contribution in [-0.4, -0.2) is 20.5 Å². The Morgan fingerprint density at radius 1 is 1.38 bits per heavy atom. The summed E-state index contributed by atoms with van der Waals surface area (Å²) in [5.41, 5.74) is 6.35. The molecule has 5 heteroatoms. The van der Waals surface area contributed by atoms with Crippen molar-refractivity contribution in [1.82, 2.24) is 0 Å². The van der Waals surface area contributed by atoms with Gasteiger partial charge in [0, 0.05) is 12.2 Å². The van der Waals surface area contributed by atoms with E-state index in [1.54, 1.807) is 24.3 Å². The highest BCUT2D eigenvalue weighted by molar-refractivity contribution is 7.90. The van der Waals surface area contributed by atoms with Gasteiger partial charge in [-0.25, -0.2) is 8.42 Å². The number of hydrogen-bond acceptors (Lipinski definition) is 3. The van der Waals surface area contributed by atoms with Crippen LogP contribution in [0, 0.1) is 5.41 Å². The van der Waals surface area contributed by atoms with Crippen molar-refractivity contribution in [2.75, 3.05) is 6.26 Å². The number of rotatable bonds is 4. The Labute approximate surface area is 95.9 Å². The van der Waals surface area contributed by atoms with Crippen molar-refractivity contribution in [1.29, 1.82) is 5.41 Å². The van der Waals surface area contributed by atoms with E-state index in [9.17, 15) is 8.42 Å². The van der Waals surface area contributed by atoms with Gasteiger partial charge in [-0.15, -0.1) is 0 Å². The normalized spacial score (nSPS) is 13.4. The molecule has 16 heavy (non-hydrogen) atoms. The summed E-state index contributed by atoms with van der Waals surface area (Å²) in [6.07, 6.45) is 1.90. The first-order chi connectivity index (χ1) is 7.36. The predicted molar refractivity (Wildman–Crippen MR) is 64.5 cm³/mol. The molecule has 0 heterocycles. The van der Waals surface area contributed by atoms with Crippen molar-refractivity contribution in [2.45, 2.75) is 24.2 Å². The number of amidine groups is 1. The van der Waals surface area contributed by atoms with E-state index in [2.05, 4.69) is 0 Å². The Morgan fingerprint density at radius 3 is 2.19 bits per heavy atom. The van der Waals surface area contributed by atoms with Crippen molar-refractivity contribution in [2.24, 2.45) is 5.73 Å². The molecule has 0 radical (unpaired) electrons. The zero-order valence-corrected chi connectivity index (χ0v) is 10.2. The molecule has 0 spiro atoms. The minimum Gasteiger partial charge on any atom is -0.387 e. The van der Waals surface area contributed by atoms with E-state index in [1.165, 1.54) is 6.26 Å². The fourth-order valence-corrected chi connectivity index (χ4v) is 2.21. The number of sulfone groups is 1. The average molecular weight is 240 g/mol. The molecule has 0 fully saturated rings. The maximum atomic E-state index is 11.3. The molecule has 88 valence electrons. The van der Waals surface area contributed by atoms with Crippen LogP contribution in [0.5, 0.6) is 0 Å². The zero-order valence-electron chi connectivity index (χ0n) is 9.40. The summed E-state index contributed by atoms with van der Waals surface area (Å²) in [4.78, 5) is 0.287. The van der Waals surface area contributed by atoms with Crippen LogP contribution in [0.2, 0.25) is 0 Å². The molecular formula is C11H16N2O2S. The lowest BCUT2D eigenvalue weighted by atomic mass is 9.96. The van der Waals surface area contributed by atoms with Crippen molar-refractivity contribution >= 4 is 15.7 Å². The lowest BCUT2D eigenvalue weighted by Crippen LogP contribution is -2.19. The van der Waals surface area contributed by atoms with Crippen molar-refractivity contribution < 1.29 is 8.42 Å². The monoisotopic (exact) mass is 240 g/mol. The zero-order chi connectivity index (χ0) is 12.3. The largest absolute Gasteiger partial charge is 0.387 e. The van der Waals surface area contributed by atoms with Crippen LogP contribution in [0.3, 0.4) is 0 Å². The molecule has 1 rings (SSSR count). The molecule has 0 aliphatic carbocycles. The molecule has 1 unspecified atom stereocenters. The Balaban J connectivity index is 3.08. The molecule has 0 amide bonds. The predicted octanol–water partition coefficient (Wildman–Crippen LogP) is 1.52. The quantitative estimate of drug-likeness (QED) is 0.618. The maximum Gasteiger partial charge on any atom is 0.175 e. The Kier molecular flexibility index (Phi) is 3.70. The van der Waals surface area contributed by atoms with Gasteiger partial charge in [-0.1, -0.05) is 19.1 Å². The highest BCUT2D eigenvalue weighted by Crippen LogP contribution is 2.20. The van der Waals surface area contributed by atoms with Crippen LogP contribution >= 0.6 is 0 Å². The minimum absolute atomic E-state index is 0.106. The van der Waals surface area contributed by atoms with Gasteiger partial charge in [-0.2, -0.15) is 0 Å². The number of nitrogens with two attached hydrogens (primary N) is 1. The minimum atomic E-state index is -3.16. The molecule has 0 bridgehead atoms. The second-order valence-electron chi connectivity index (χ2n) is 3.76. The van der Waals surface area contributed by atoms with Crippen LogP contribution in [0.15, 0.2) is 29.2 Å². The van der Waals surface area contributed by atoms with Gasteiger partial charge >= 0.3 is 0 Å². The molecule has 1 atom stereocenters. The van der Waals surface area contributed by atoms with E-state index in [4.69, 9.17) is 11.1 Å². The van der Waals surface area contributed by atoms with E-state index in [-0.39, 0.29) is 16.6 Å². The Bertz CT molecular complexity index is 477. The summed E-state index contributed by atoms with van der Waals surface area (Å²) >= 11 is 0. The molecule has 1 aromatic rings. The lowest BCUT2D eigenvalue weighted by molar-refractivity contribution is 0.602. The highest BCUT2D eigenvalue weighted by Gasteiger charge is 2.13. The van der Waals surface area contributed by atoms with Gasteiger partial charge in [-0.05, 0) is 24.1 Å². The fraction of sp³-hybridized carbons (Fsp3) is 0.364. The Morgan fingerprint density at radius 2 is 1.88 bits per heavy atom. The number of nitrogens with one attached hydrogen (secondary N) is 1. The standard InChI is InChI=1S/C11H16N2O2S/c1-3-10(11(12)13)8-4-6-9(7-5-8)16(2,14)15/h4-7,10H,3H2,1-2H3,(H3,12,13). The molecule has 0 aliphatic heterocycles. The smallest absolute Gasteiger partial charge is 0.175 e. The molecule has 0 saturated carbocycles. The number of hydrogen-bond donors (Lipinski definition) is 2.